The minimum atomic E-state index is -2.41. The molecule has 2 aromatic carbocycles. The number of carbonyl (C=O) groups is 4. The zero-order valence-electron chi connectivity index (χ0n) is 28.3. The van der Waals surface area contributed by atoms with Gasteiger partial charge in [0, 0.05) is 33.3 Å². The molecule has 0 aromatic heterocycles. The second-order valence-electron chi connectivity index (χ2n) is 13.2. The molecule has 0 saturated carbocycles. The van der Waals surface area contributed by atoms with Crippen molar-refractivity contribution in [2.24, 2.45) is 0 Å². The molecule has 11 nitrogen and oxygen atoms in total. The van der Waals surface area contributed by atoms with Gasteiger partial charge in [-0.15, -0.1) is 0 Å². The Morgan fingerprint density at radius 1 is 0.848 bits per heavy atom. The number of hydrogen-bond donors (Lipinski definition) is 1. The quantitative estimate of drug-likeness (QED) is 0.212. The first-order valence-electron chi connectivity index (χ1n) is 15.2. The Bertz CT molecular complexity index is 1430. The maximum absolute atomic E-state index is 12.3. The SMILES string of the molecule is CC(=O)OC[C@H]1O[C@](O)(c2ccc(C)c(Cc3ccc(O[Si](C)(C)C(C)(C)C)cc3)c2)[C@H](OC(C)=O)[C@@H](OC(C)=O)[C@@H]1OC(C)=O. The van der Waals surface area contributed by atoms with E-state index in [9.17, 15) is 24.3 Å². The summed E-state index contributed by atoms with van der Waals surface area (Å²) in [5.41, 5.74) is 2.91. The van der Waals surface area contributed by atoms with Crippen molar-refractivity contribution >= 4 is 32.2 Å². The number of aliphatic hydroxyl groups is 1. The van der Waals surface area contributed by atoms with E-state index < -0.39 is 69.0 Å². The van der Waals surface area contributed by atoms with Gasteiger partial charge in [-0.05, 0) is 66.4 Å². The predicted octanol–water partition coefficient (Wildman–Crippen LogP) is 4.87. The van der Waals surface area contributed by atoms with E-state index in [4.69, 9.17) is 28.1 Å². The van der Waals surface area contributed by atoms with Crippen molar-refractivity contribution in [1.29, 1.82) is 0 Å². The van der Waals surface area contributed by atoms with Crippen LogP contribution in [-0.4, -0.2) is 68.3 Å². The molecule has 1 heterocycles. The van der Waals surface area contributed by atoms with Crippen molar-refractivity contribution in [2.45, 2.75) is 110 Å². The van der Waals surface area contributed by atoms with Gasteiger partial charge in [-0.25, -0.2) is 0 Å². The zero-order valence-corrected chi connectivity index (χ0v) is 29.3. The van der Waals surface area contributed by atoms with Crippen molar-refractivity contribution in [1.82, 2.24) is 0 Å². The lowest BCUT2D eigenvalue weighted by Gasteiger charge is -2.48. The Hall–Kier alpha value is -3.74. The van der Waals surface area contributed by atoms with Crippen LogP contribution in [0.15, 0.2) is 42.5 Å². The molecule has 1 N–H and O–H groups in total. The summed E-state index contributed by atoms with van der Waals surface area (Å²) >= 11 is 0. The molecular formula is C34H46O11Si. The van der Waals surface area contributed by atoms with Crippen molar-refractivity contribution < 1.29 is 52.4 Å². The fraction of sp³-hybridized carbons (Fsp3) is 0.529. The van der Waals surface area contributed by atoms with E-state index in [1.807, 2.05) is 31.2 Å². The van der Waals surface area contributed by atoms with Gasteiger partial charge in [0.15, 0.2) is 12.2 Å². The first-order valence-corrected chi connectivity index (χ1v) is 18.1. The minimum absolute atomic E-state index is 0.0541. The molecule has 2 aromatic rings. The van der Waals surface area contributed by atoms with E-state index >= 15 is 0 Å². The van der Waals surface area contributed by atoms with Crippen molar-refractivity contribution in [3.8, 4) is 5.75 Å². The van der Waals surface area contributed by atoms with Crippen LogP contribution >= 0.6 is 0 Å². The van der Waals surface area contributed by atoms with Crippen LogP contribution < -0.4 is 4.43 Å². The topological polar surface area (TPSA) is 144 Å². The number of carbonyl (C=O) groups excluding carboxylic acids is 4. The maximum Gasteiger partial charge on any atom is 0.303 e. The Morgan fingerprint density at radius 3 is 1.93 bits per heavy atom. The van der Waals surface area contributed by atoms with Crippen LogP contribution in [0.5, 0.6) is 5.75 Å². The van der Waals surface area contributed by atoms with E-state index in [0.29, 0.717) is 6.42 Å². The van der Waals surface area contributed by atoms with Crippen molar-refractivity contribution in [3.63, 3.8) is 0 Å². The van der Waals surface area contributed by atoms with Crippen molar-refractivity contribution in [3.05, 3.63) is 64.7 Å². The average molecular weight is 659 g/mol. The molecule has 0 spiro atoms. The summed E-state index contributed by atoms with van der Waals surface area (Å²) in [5.74, 6) is -4.62. The first kappa shape index (κ1) is 36.7. The molecule has 12 heteroatoms. The fourth-order valence-electron chi connectivity index (χ4n) is 4.94. The lowest BCUT2D eigenvalue weighted by molar-refractivity contribution is -0.360. The number of rotatable bonds is 10. The standard InChI is InChI=1S/C34H46O11Si/c1-20-11-14-27(18-26(20)17-25-12-15-28(16-13-25)45-46(9,10)33(6,7)8)34(39)32(43-24(5)38)31(42-23(4)37)30(41-22(3)36)29(44-34)19-40-21(2)35/h11-16,18,29-32,39H,17,19H2,1-10H3/t29-,30-,31+,32-,34-/m1/s1. The highest BCUT2D eigenvalue weighted by Gasteiger charge is 2.60. The van der Waals surface area contributed by atoms with E-state index in [-0.39, 0.29) is 10.6 Å². The van der Waals surface area contributed by atoms with Gasteiger partial charge in [0.05, 0.1) is 0 Å². The third-order valence-electron chi connectivity index (χ3n) is 8.31. The summed E-state index contributed by atoms with van der Waals surface area (Å²) < 4.78 is 34.1. The molecule has 1 aliphatic rings. The van der Waals surface area contributed by atoms with Crippen molar-refractivity contribution in [2.75, 3.05) is 6.61 Å². The second kappa shape index (κ2) is 14.4. The lowest BCUT2D eigenvalue weighted by Crippen LogP contribution is -2.66. The fourth-order valence-corrected chi connectivity index (χ4v) is 5.97. The highest BCUT2D eigenvalue weighted by Crippen LogP contribution is 2.42. The average Bonchev–Trinajstić information content (AvgIpc) is 2.92. The molecular weight excluding hydrogens is 612 g/mol. The van der Waals surface area contributed by atoms with Gasteiger partial charge >= 0.3 is 23.9 Å². The smallest absolute Gasteiger partial charge is 0.303 e. The Labute approximate surface area is 271 Å². The molecule has 5 atom stereocenters. The predicted molar refractivity (Wildman–Crippen MR) is 170 cm³/mol. The van der Waals surface area contributed by atoms with Gasteiger partial charge in [0.1, 0.15) is 18.5 Å². The Kier molecular flexibility index (Phi) is 11.5. The Morgan fingerprint density at radius 2 is 1.41 bits per heavy atom. The third kappa shape index (κ3) is 8.95. The lowest BCUT2D eigenvalue weighted by atomic mass is 9.85. The normalized spacial score (nSPS) is 23.2. The largest absolute Gasteiger partial charge is 0.544 e. The van der Waals surface area contributed by atoms with Gasteiger partial charge in [-0.3, -0.25) is 19.2 Å². The molecule has 1 aliphatic heterocycles. The van der Waals surface area contributed by atoms with E-state index in [1.165, 1.54) is 6.92 Å². The summed E-state index contributed by atoms with van der Waals surface area (Å²) in [6.07, 6.45) is -5.37. The van der Waals surface area contributed by atoms with Gasteiger partial charge in [-0.2, -0.15) is 0 Å². The van der Waals surface area contributed by atoms with Crippen LogP contribution in [0.2, 0.25) is 18.1 Å². The second-order valence-corrected chi connectivity index (χ2v) is 17.9. The third-order valence-corrected chi connectivity index (χ3v) is 12.7. The number of esters is 4. The maximum atomic E-state index is 12.3. The van der Waals surface area contributed by atoms with Crippen LogP contribution in [0, 0.1) is 6.92 Å². The van der Waals surface area contributed by atoms with Crippen LogP contribution in [0.25, 0.3) is 0 Å². The minimum Gasteiger partial charge on any atom is -0.544 e. The van der Waals surface area contributed by atoms with Crippen LogP contribution in [-0.2, 0) is 55.1 Å². The summed E-state index contributed by atoms with van der Waals surface area (Å²) in [4.78, 5) is 48.3. The molecule has 46 heavy (non-hydrogen) atoms. The van der Waals surface area contributed by atoms with Crippen LogP contribution in [0.4, 0.5) is 0 Å². The van der Waals surface area contributed by atoms with E-state index in [0.717, 1.165) is 43.2 Å². The molecule has 3 rings (SSSR count). The summed E-state index contributed by atoms with van der Waals surface area (Å²) in [6, 6.07) is 13.0. The summed E-state index contributed by atoms with van der Waals surface area (Å²) in [5, 5.41) is 12.3. The molecule has 252 valence electrons. The molecule has 0 bridgehead atoms. The first-order chi connectivity index (χ1) is 21.2. The summed E-state index contributed by atoms with van der Waals surface area (Å²) in [7, 11) is -2.01. The number of ether oxygens (including phenoxy) is 5. The molecule has 0 radical (unpaired) electrons. The molecule has 0 amide bonds. The zero-order chi connectivity index (χ0) is 34.6. The highest BCUT2D eigenvalue weighted by molar-refractivity contribution is 6.74. The summed E-state index contributed by atoms with van der Waals surface area (Å²) in [6.45, 7) is 16.9. The highest BCUT2D eigenvalue weighted by atomic mass is 28.4. The van der Waals surface area contributed by atoms with Gasteiger partial charge < -0.3 is 33.2 Å². The number of aryl methyl sites for hydroxylation is 1. The van der Waals surface area contributed by atoms with Crippen LogP contribution in [0.3, 0.4) is 0 Å². The van der Waals surface area contributed by atoms with Gasteiger partial charge in [-0.1, -0.05) is 45.0 Å². The Balaban J connectivity index is 2.05. The van der Waals surface area contributed by atoms with E-state index in [2.05, 4.69) is 33.9 Å². The van der Waals surface area contributed by atoms with Gasteiger partial charge in [0.2, 0.25) is 20.2 Å². The molecule has 0 unspecified atom stereocenters. The number of benzene rings is 2. The molecule has 0 aliphatic carbocycles. The van der Waals surface area contributed by atoms with Gasteiger partial charge in [0.25, 0.3) is 0 Å². The monoisotopic (exact) mass is 658 g/mol. The number of hydrogen-bond acceptors (Lipinski definition) is 11. The molecule has 1 saturated heterocycles. The molecule has 1 fully saturated rings. The van der Waals surface area contributed by atoms with E-state index in [1.54, 1.807) is 18.2 Å². The van der Waals surface area contributed by atoms with Crippen LogP contribution in [0.1, 0.15) is 70.7 Å².